The van der Waals surface area contributed by atoms with Gasteiger partial charge in [0.05, 0.1) is 0 Å². The highest BCUT2D eigenvalue weighted by Gasteiger charge is 2.33. The van der Waals surface area contributed by atoms with Gasteiger partial charge in [-0.2, -0.15) is 13.2 Å². The Labute approximate surface area is 103 Å². The molecule has 6 heteroatoms. The van der Waals surface area contributed by atoms with E-state index in [4.69, 9.17) is 5.11 Å². The number of aliphatic hydroxyl groups excluding tert-OH is 1. The van der Waals surface area contributed by atoms with Gasteiger partial charge in [-0.1, -0.05) is 0 Å². The van der Waals surface area contributed by atoms with Crippen molar-refractivity contribution in [3.63, 3.8) is 0 Å². The molecule has 1 aliphatic rings. The Morgan fingerprint density at radius 1 is 1.33 bits per heavy atom. The first-order valence-electron chi connectivity index (χ1n) is 5.90. The van der Waals surface area contributed by atoms with E-state index < -0.39 is 11.9 Å². The van der Waals surface area contributed by atoms with Gasteiger partial charge in [-0.05, 0) is 30.9 Å². The lowest BCUT2D eigenvalue weighted by atomic mass is 9.97. The number of hydrogen-bond donors (Lipinski definition) is 1. The van der Waals surface area contributed by atoms with Crippen LogP contribution in [0.4, 0.5) is 18.9 Å². The van der Waals surface area contributed by atoms with E-state index >= 15 is 0 Å². The molecule has 1 aliphatic heterocycles. The highest BCUT2D eigenvalue weighted by Crippen LogP contribution is 2.31. The summed E-state index contributed by atoms with van der Waals surface area (Å²) in [5, 5.41) is 9.02. The molecule has 1 N–H and O–H groups in total. The minimum atomic E-state index is -4.40. The summed E-state index contributed by atoms with van der Waals surface area (Å²) in [5.74, 6) is 0.269. The monoisotopic (exact) mass is 260 g/mol. The van der Waals surface area contributed by atoms with Gasteiger partial charge in [0.1, 0.15) is 5.69 Å². The molecule has 1 saturated heterocycles. The number of pyridine rings is 1. The zero-order valence-corrected chi connectivity index (χ0v) is 9.82. The summed E-state index contributed by atoms with van der Waals surface area (Å²) in [6, 6.07) is 2.67. The second-order valence-corrected chi connectivity index (χ2v) is 4.51. The van der Waals surface area contributed by atoms with Gasteiger partial charge in [0, 0.05) is 31.6 Å². The van der Waals surface area contributed by atoms with Crippen LogP contribution in [0.5, 0.6) is 0 Å². The molecule has 0 bridgehead atoms. The summed E-state index contributed by atoms with van der Waals surface area (Å²) < 4.78 is 37.6. The quantitative estimate of drug-likeness (QED) is 0.886. The van der Waals surface area contributed by atoms with Gasteiger partial charge < -0.3 is 10.0 Å². The van der Waals surface area contributed by atoms with Crippen molar-refractivity contribution < 1.29 is 18.3 Å². The second kappa shape index (κ2) is 5.14. The molecule has 0 spiro atoms. The number of rotatable bonds is 2. The van der Waals surface area contributed by atoms with E-state index in [2.05, 4.69) is 4.98 Å². The molecule has 0 amide bonds. The number of aromatic nitrogens is 1. The van der Waals surface area contributed by atoms with Gasteiger partial charge in [0.2, 0.25) is 0 Å². The second-order valence-electron chi connectivity index (χ2n) is 4.51. The lowest BCUT2D eigenvalue weighted by Gasteiger charge is -2.33. The van der Waals surface area contributed by atoms with Crippen LogP contribution in [0.2, 0.25) is 0 Å². The van der Waals surface area contributed by atoms with E-state index in [9.17, 15) is 13.2 Å². The maximum absolute atomic E-state index is 12.5. The maximum atomic E-state index is 12.5. The third-order valence-corrected chi connectivity index (χ3v) is 3.27. The van der Waals surface area contributed by atoms with Gasteiger partial charge in [0.15, 0.2) is 0 Å². The summed E-state index contributed by atoms with van der Waals surface area (Å²) in [5.41, 5.74) is -0.307. The van der Waals surface area contributed by atoms with Gasteiger partial charge in [0.25, 0.3) is 0 Å². The third-order valence-electron chi connectivity index (χ3n) is 3.27. The van der Waals surface area contributed by atoms with Crippen molar-refractivity contribution in [3.8, 4) is 0 Å². The highest BCUT2D eigenvalue weighted by molar-refractivity contribution is 5.47. The predicted octanol–water partition coefficient (Wildman–Crippen LogP) is 2.31. The summed E-state index contributed by atoms with van der Waals surface area (Å²) in [6.07, 6.45) is -1.60. The Kier molecular flexibility index (Phi) is 3.75. The summed E-state index contributed by atoms with van der Waals surface area (Å²) in [6.45, 7) is 1.50. The van der Waals surface area contributed by atoms with Crippen molar-refractivity contribution in [2.45, 2.75) is 19.0 Å². The molecule has 0 saturated carbocycles. The molecule has 0 atom stereocenters. The molecule has 0 aliphatic carbocycles. The van der Waals surface area contributed by atoms with Gasteiger partial charge >= 0.3 is 6.18 Å². The number of aliphatic hydroxyl groups is 1. The van der Waals surface area contributed by atoms with Crippen LogP contribution in [0.3, 0.4) is 0 Å². The lowest BCUT2D eigenvalue weighted by molar-refractivity contribution is -0.141. The minimum Gasteiger partial charge on any atom is -0.396 e. The number of anilines is 1. The molecular weight excluding hydrogens is 245 g/mol. The Hall–Kier alpha value is -1.30. The van der Waals surface area contributed by atoms with Crippen molar-refractivity contribution >= 4 is 5.69 Å². The Bertz CT molecular complexity index is 401. The first-order chi connectivity index (χ1) is 8.50. The molecular formula is C12H15F3N2O. The van der Waals surface area contributed by atoms with Crippen LogP contribution in [-0.2, 0) is 6.18 Å². The highest BCUT2D eigenvalue weighted by atomic mass is 19.4. The number of nitrogens with zero attached hydrogens (tertiary/aromatic N) is 2. The average molecular weight is 260 g/mol. The molecule has 2 heterocycles. The van der Waals surface area contributed by atoms with E-state index in [1.807, 2.05) is 4.90 Å². The molecule has 1 aromatic heterocycles. The fraction of sp³-hybridized carbons (Fsp3) is 0.583. The SMILES string of the molecule is OCC1CCN(c2ccnc(C(F)(F)F)c2)CC1. The number of halogens is 3. The average Bonchev–Trinajstić information content (AvgIpc) is 2.38. The fourth-order valence-electron chi connectivity index (χ4n) is 2.14. The molecule has 0 unspecified atom stereocenters. The van der Waals surface area contributed by atoms with Gasteiger partial charge in [-0.3, -0.25) is 4.98 Å². The van der Waals surface area contributed by atoms with E-state index in [1.54, 1.807) is 6.07 Å². The number of alkyl halides is 3. The molecule has 0 aromatic carbocycles. The molecule has 1 fully saturated rings. The first kappa shape index (κ1) is 13.1. The predicted molar refractivity (Wildman–Crippen MR) is 61.3 cm³/mol. The van der Waals surface area contributed by atoms with E-state index in [0.717, 1.165) is 18.9 Å². The summed E-state index contributed by atoms with van der Waals surface area (Å²) >= 11 is 0. The van der Waals surface area contributed by atoms with Crippen LogP contribution in [0.1, 0.15) is 18.5 Å². The van der Waals surface area contributed by atoms with Gasteiger partial charge in [-0.25, -0.2) is 0 Å². The van der Waals surface area contributed by atoms with Crippen molar-refractivity contribution in [1.29, 1.82) is 0 Å². The molecule has 18 heavy (non-hydrogen) atoms. The zero-order valence-electron chi connectivity index (χ0n) is 9.82. The Morgan fingerprint density at radius 2 is 2.00 bits per heavy atom. The van der Waals surface area contributed by atoms with Crippen LogP contribution >= 0.6 is 0 Å². The van der Waals surface area contributed by atoms with E-state index in [0.29, 0.717) is 18.8 Å². The Balaban J connectivity index is 2.10. The van der Waals surface area contributed by atoms with Crippen molar-refractivity contribution in [2.24, 2.45) is 5.92 Å². The molecule has 100 valence electrons. The normalized spacial score (nSPS) is 18.1. The molecule has 3 nitrogen and oxygen atoms in total. The largest absolute Gasteiger partial charge is 0.433 e. The summed E-state index contributed by atoms with van der Waals surface area (Å²) in [4.78, 5) is 5.25. The maximum Gasteiger partial charge on any atom is 0.433 e. The van der Waals surface area contributed by atoms with Crippen LogP contribution in [-0.4, -0.2) is 29.8 Å². The standard InChI is InChI=1S/C12H15F3N2O/c13-12(14,15)11-7-10(1-4-16-11)17-5-2-9(8-18)3-6-17/h1,4,7,9,18H,2-3,5-6,8H2. The third kappa shape index (κ3) is 2.93. The first-order valence-corrected chi connectivity index (χ1v) is 5.90. The lowest BCUT2D eigenvalue weighted by Crippen LogP contribution is -2.34. The molecule has 0 radical (unpaired) electrons. The van der Waals surface area contributed by atoms with Crippen molar-refractivity contribution in [1.82, 2.24) is 4.98 Å². The van der Waals surface area contributed by atoms with E-state index in [-0.39, 0.29) is 12.5 Å². The number of hydrogen-bond acceptors (Lipinski definition) is 3. The van der Waals surface area contributed by atoms with Crippen LogP contribution in [0.25, 0.3) is 0 Å². The van der Waals surface area contributed by atoms with E-state index in [1.165, 1.54) is 6.20 Å². The zero-order chi connectivity index (χ0) is 13.2. The van der Waals surface area contributed by atoms with Crippen LogP contribution in [0.15, 0.2) is 18.3 Å². The van der Waals surface area contributed by atoms with Gasteiger partial charge in [-0.15, -0.1) is 0 Å². The number of piperidine rings is 1. The Morgan fingerprint density at radius 3 is 2.56 bits per heavy atom. The summed E-state index contributed by atoms with van der Waals surface area (Å²) in [7, 11) is 0. The molecule has 1 aromatic rings. The topological polar surface area (TPSA) is 36.4 Å². The van der Waals surface area contributed by atoms with Crippen molar-refractivity contribution in [2.75, 3.05) is 24.6 Å². The smallest absolute Gasteiger partial charge is 0.396 e. The fourth-order valence-corrected chi connectivity index (χ4v) is 2.14. The minimum absolute atomic E-state index is 0.151. The van der Waals surface area contributed by atoms with Crippen LogP contribution < -0.4 is 4.90 Å². The van der Waals surface area contributed by atoms with Crippen molar-refractivity contribution in [3.05, 3.63) is 24.0 Å². The molecule has 2 rings (SSSR count). The van der Waals surface area contributed by atoms with Crippen LogP contribution in [0, 0.1) is 5.92 Å².